The minimum Gasteiger partial charge on any atom is -0.384 e. The molecule has 3 aliphatic rings. The van der Waals surface area contributed by atoms with Crippen LogP contribution in [-0.2, 0) is 10.3 Å². The lowest BCUT2D eigenvalue weighted by Crippen LogP contribution is -2.49. The highest BCUT2D eigenvalue weighted by Crippen LogP contribution is 2.41. The first kappa shape index (κ1) is 22.0. The first-order valence-corrected chi connectivity index (χ1v) is 11.8. The van der Waals surface area contributed by atoms with Crippen LogP contribution in [0.1, 0.15) is 30.4 Å². The summed E-state index contributed by atoms with van der Waals surface area (Å²) in [5, 5.41) is 32.4. The van der Waals surface area contributed by atoms with Crippen LogP contribution in [0.4, 0.5) is 23.3 Å². The number of β-amino-alcohol motifs (C(OH)–C–C–N with tert-alkyl or cyclic N) is 1. The molecule has 2 saturated heterocycles. The Kier molecular flexibility index (Phi) is 5.24. The van der Waals surface area contributed by atoms with Crippen LogP contribution in [0.25, 0.3) is 10.5 Å². The molecule has 178 valence electrons. The number of likely N-dealkylation sites (tertiary alicyclic amines) is 1. The molecule has 35 heavy (non-hydrogen) atoms. The summed E-state index contributed by atoms with van der Waals surface area (Å²) in [6.07, 6.45) is 4.03. The van der Waals surface area contributed by atoms with Gasteiger partial charge in [0, 0.05) is 24.7 Å². The molecule has 2 aromatic heterocycles. The number of imidazole rings is 1. The van der Waals surface area contributed by atoms with E-state index >= 15 is 0 Å². The standard InChI is InChI=1S/C23H22ClN9O2/c1-26-18-9-27-21-20(28-14-2-3-14)30-22(31-33(18)21)29-17-7-13(8-25)6-16(19(17)24)23(34)4-5-32(12-23)15-10-35-11-15/h6-7,9,14-15,34H,2-5,10-12H2,(H2,28,29,30,31). The van der Waals surface area contributed by atoms with E-state index < -0.39 is 5.60 Å². The number of nitriles is 1. The van der Waals surface area contributed by atoms with Gasteiger partial charge in [0.15, 0.2) is 5.82 Å². The SMILES string of the molecule is [C-]#[N+]c1cnc2c(NC3CC3)nc(Nc3cc(C#N)cc(C4(O)CCN(C5COC5)C4)c3Cl)nn12. The van der Waals surface area contributed by atoms with Gasteiger partial charge in [-0.1, -0.05) is 23.3 Å². The van der Waals surface area contributed by atoms with Gasteiger partial charge in [0.1, 0.15) is 5.60 Å². The van der Waals surface area contributed by atoms with Crippen LogP contribution in [0.2, 0.25) is 5.02 Å². The number of halogens is 1. The maximum atomic E-state index is 11.5. The van der Waals surface area contributed by atoms with E-state index in [1.807, 2.05) is 0 Å². The van der Waals surface area contributed by atoms with Crippen LogP contribution >= 0.6 is 11.6 Å². The van der Waals surface area contributed by atoms with Gasteiger partial charge in [-0.2, -0.15) is 10.2 Å². The Hall–Kier alpha value is -3.48. The molecule has 3 fully saturated rings. The van der Waals surface area contributed by atoms with Crippen LogP contribution in [0.15, 0.2) is 18.3 Å². The molecule has 0 bridgehead atoms. The first-order valence-electron chi connectivity index (χ1n) is 11.4. The lowest BCUT2D eigenvalue weighted by molar-refractivity contribution is -0.0665. The van der Waals surface area contributed by atoms with E-state index in [2.05, 4.69) is 41.5 Å². The average Bonchev–Trinajstić information content (AvgIpc) is 3.40. The summed E-state index contributed by atoms with van der Waals surface area (Å²) >= 11 is 6.81. The van der Waals surface area contributed by atoms with E-state index in [0.29, 0.717) is 71.6 Å². The van der Waals surface area contributed by atoms with Crippen molar-refractivity contribution in [3.8, 4) is 6.07 Å². The normalized spacial score (nSPS) is 22.5. The number of hydrogen-bond acceptors (Lipinski definition) is 9. The van der Waals surface area contributed by atoms with Gasteiger partial charge in [-0.05, 0) is 31.4 Å². The van der Waals surface area contributed by atoms with Gasteiger partial charge < -0.3 is 25.3 Å². The minimum absolute atomic E-state index is 0.193. The fraction of sp³-hybridized carbons (Fsp3) is 0.435. The molecule has 12 heteroatoms. The van der Waals surface area contributed by atoms with Crippen LogP contribution in [-0.4, -0.2) is 68.0 Å². The second kappa shape index (κ2) is 8.33. The van der Waals surface area contributed by atoms with Gasteiger partial charge in [0.25, 0.3) is 17.4 Å². The molecule has 3 aromatic rings. The third-order valence-corrected chi connectivity index (χ3v) is 7.15. The molecule has 11 nitrogen and oxygen atoms in total. The van der Waals surface area contributed by atoms with E-state index in [9.17, 15) is 10.4 Å². The molecule has 0 spiro atoms. The van der Waals surface area contributed by atoms with E-state index in [-0.39, 0.29) is 11.8 Å². The highest BCUT2D eigenvalue weighted by atomic mass is 35.5. The average molecular weight is 492 g/mol. The highest BCUT2D eigenvalue weighted by Gasteiger charge is 2.43. The number of aromatic nitrogens is 4. The summed E-state index contributed by atoms with van der Waals surface area (Å²) in [6, 6.07) is 6.01. The summed E-state index contributed by atoms with van der Waals surface area (Å²) in [7, 11) is 0. The Morgan fingerprint density at radius 1 is 1.34 bits per heavy atom. The Bertz CT molecular complexity index is 1400. The molecule has 0 amide bonds. The molecule has 1 aliphatic carbocycles. The van der Waals surface area contributed by atoms with E-state index in [1.54, 1.807) is 12.1 Å². The molecule has 4 heterocycles. The van der Waals surface area contributed by atoms with Crippen LogP contribution < -0.4 is 10.6 Å². The lowest BCUT2D eigenvalue weighted by Gasteiger charge is -2.35. The third kappa shape index (κ3) is 3.93. The third-order valence-electron chi connectivity index (χ3n) is 6.74. The Balaban J connectivity index is 1.37. The molecule has 2 aliphatic heterocycles. The number of benzene rings is 1. The van der Waals surface area contributed by atoms with E-state index in [4.69, 9.17) is 22.9 Å². The quantitative estimate of drug-likeness (QED) is 0.446. The van der Waals surface area contributed by atoms with Gasteiger partial charge >= 0.3 is 0 Å². The van der Waals surface area contributed by atoms with Gasteiger partial charge in [0.05, 0.1) is 47.8 Å². The number of fused-ring (bicyclic) bond motifs is 1. The molecule has 6 rings (SSSR count). The summed E-state index contributed by atoms with van der Waals surface area (Å²) in [4.78, 5) is 14.5. The van der Waals surface area contributed by atoms with Crippen molar-refractivity contribution in [2.45, 2.75) is 36.9 Å². The number of hydrogen-bond donors (Lipinski definition) is 3. The number of rotatable bonds is 6. The maximum Gasteiger partial charge on any atom is 0.275 e. The highest BCUT2D eigenvalue weighted by molar-refractivity contribution is 6.34. The van der Waals surface area contributed by atoms with Crippen molar-refractivity contribution < 1.29 is 9.84 Å². The first-order chi connectivity index (χ1) is 17.0. The Morgan fingerprint density at radius 2 is 2.17 bits per heavy atom. The van der Waals surface area contributed by atoms with Gasteiger partial charge in [-0.3, -0.25) is 4.90 Å². The zero-order chi connectivity index (χ0) is 24.2. The van der Waals surface area contributed by atoms with Crippen LogP contribution in [0.5, 0.6) is 0 Å². The van der Waals surface area contributed by atoms with E-state index in [0.717, 1.165) is 19.4 Å². The summed E-state index contributed by atoms with van der Waals surface area (Å²) in [5.74, 6) is 0.959. The predicted molar refractivity (Wildman–Crippen MR) is 128 cm³/mol. The van der Waals surface area contributed by atoms with Crippen molar-refractivity contribution in [3.63, 3.8) is 0 Å². The second-order valence-corrected chi connectivity index (χ2v) is 9.61. The number of nitrogens with one attached hydrogen (secondary N) is 2. The minimum atomic E-state index is -1.19. The zero-order valence-electron chi connectivity index (χ0n) is 18.7. The molecular formula is C23H22ClN9O2. The van der Waals surface area contributed by atoms with Crippen LogP contribution in [0.3, 0.4) is 0 Å². The summed E-state index contributed by atoms with van der Waals surface area (Å²) in [5.41, 5.74) is 0.520. The predicted octanol–water partition coefficient (Wildman–Crippen LogP) is 2.81. The second-order valence-electron chi connectivity index (χ2n) is 9.23. The number of nitrogens with zero attached hydrogens (tertiary/aromatic N) is 7. The summed E-state index contributed by atoms with van der Waals surface area (Å²) in [6.45, 7) is 9.87. The Morgan fingerprint density at radius 3 is 2.86 bits per heavy atom. The fourth-order valence-corrected chi connectivity index (χ4v) is 4.88. The lowest BCUT2D eigenvalue weighted by atomic mass is 9.91. The maximum absolute atomic E-state index is 11.5. The van der Waals surface area contributed by atoms with Gasteiger partial charge in [0.2, 0.25) is 0 Å². The monoisotopic (exact) mass is 491 g/mol. The molecule has 1 saturated carbocycles. The van der Waals surface area contributed by atoms with Crippen molar-refractivity contribution >= 4 is 40.5 Å². The fourth-order valence-electron chi connectivity index (χ4n) is 4.54. The number of aliphatic hydroxyl groups is 1. The Labute approximate surface area is 206 Å². The van der Waals surface area contributed by atoms with Crippen LogP contribution in [0, 0.1) is 17.9 Å². The number of ether oxygens (including phenoxy) is 1. The summed E-state index contributed by atoms with van der Waals surface area (Å²) < 4.78 is 6.73. The van der Waals surface area contributed by atoms with Crippen molar-refractivity contribution in [1.29, 1.82) is 5.26 Å². The van der Waals surface area contributed by atoms with Gasteiger partial charge in [-0.25, -0.2) is 4.98 Å². The molecule has 1 unspecified atom stereocenters. The largest absolute Gasteiger partial charge is 0.384 e. The van der Waals surface area contributed by atoms with Crippen molar-refractivity contribution in [3.05, 3.63) is 45.9 Å². The smallest absolute Gasteiger partial charge is 0.275 e. The number of anilines is 3. The molecule has 1 aromatic carbocycles. The van der Waals surface area contributed by atoms with Crippen molar-refractivity contribution in [2.75, 3.05) is 36.9 Å². The van der Waals surface area contributed by atoms with E-state index in [1.165, 1.54) is 10.7 Å². The molecule has 0 radical (unpaired) electrons. The zero-order valence-corrected chi connectivity index (χ0v) is 19.5. The van der Waals surface area contributed by atoms with Crippen molar-refractivity contribution in [2.24, 2.45) is 0 Å². The molecule has 1 atom stereocenters. The molecule has 3 N–H and O–H groups in total. The van der Waals surface area contributed by atoms with Crippen molar-refractivity contribution in [1.82, 2.24) is 24.5 Å². The van der Waals surface area contributed by atoms with Gasteiger partial charge in [-0.15, -0.1) is 4.52 Å². The topological polar surface area (TPSA) is 128 Å². The molecular weight excluding hydrogens is 470 g/mol.